The fourth-order valence-electron chi connectivity index (χ4n) is 2.14. The quantitative estimate of drug-likeness (QED) is 0.515. The van der Waals surface area contributed by atoms with Crippen LogP contribution < -0.4 is 4.74 Å². The molecule has 1 aromatic heterocycles. The first-order valence-electron chi connectivity index (χ1n) is 6.90. The molecular formula is C16H12BrFN4OS. The molecule has 0 saturated heterocycles. The van der Waals surface area contributed by atoms with E-state index in [4.69, 9.17) is 17.0 Å². The van der Waals surface area contributed by atoms with Gasteiger partial charge in [0, 0.05) is 10.0 Å². The lowest BCUT2D eigenvalue weighted by atomic mass is 10.2. The Morgan fingerprint density at radius 3 is 2.92 bits per heavy atom. The molecule has 1 N–H and O–H groups in total. The van der Waals surface area contributed by atoms with Crippen molar-refractivity contribution in [3.05, 3.63) is 63.1 Å². The zero-order chi connectivity index (χ0) is 17.1. The summed E-state index contributed by atoms with van der Waals surface area (Å²) in [7, 11) is 1.57. The van der Waals surface area contributed by atoms with Crippen LogP contribution >= 0.6 is 28.1 Å². The Bertz CT molecular complexity index is 967. The van der Waals surface area contributed by atoms with Crippen LogP contribution in [-0.2, 0) is 0 Å². The highest BCUT2D eigenvalue weighted by molar-refractivity contribution is 9.10. The van der Waals surface area contributed by atoms with E-state index in [1.54, 1.807) is 19.2 Å². The lowest BCUT2D eigenvalue weighted by Gasteiger charge is -2.06. The van der Waals surface area contributed by atoms with Gasteiger partial charge in [-0.1, -0.05) is 28.1 Å². The number of aromatic nitrogens is 3. The molecule has 24 heavy (non-hydrogen) atoms. The summed E-state index contributed by atoms with van der Waals surface area (Å²) in [5, 5.41) is 11.2. The van der Waals surface area contributed by atoms with Crippen molar-refractivity contribution >= 4 is 34.4 Å². The number of ether oxygens (including phenoxy) is 1. The van der Waals surface area contributed by atoms with E-state index in [0.717, 1.165) is 10.0 Å². The molecule has 0 aliphatic heterocycles. The molecule has 3 aromatic rings. The molecular weight excluding hydrogens is 395 g/mol. The van der Waals surface area contributed by atoms with Crippen molar-refractivity contribution in [1.29, 1.82) is 0 Å². The minimum Gasteiger partial charge on any atom is -0.496 e. The number of methoxy groups -OCH3 is 1. The average Bonchev–Trinajstić information content (AvgIpc) is 2.96. The topological polar surface area (TPSA) is 55.2 Å². The Morgan fingerprint density at radius 2 is 2.12 bits per heavy atom. The maximum atomic E-state index is 13.9. The van der Waals surface area contributed by atoms with Gasteiger partial charge in [-0.05, 0) is 42.5 Å². The number of para-hydroxylation sites is 1. The van der Waals surface area contributed by atoms with Gasteiger partial charge in [0.1, 0.15) is 11.6 Å². The van der Waals surface area contributed by atoms with Crippen LogP contribution in [0.5, 0.6) is 5.75 Å². The van der Waals surface area contributed by atoms with Crippen molar-refractivity contribution in [2.75, 3.05) is 7.11 Å². The van der Waals surface area contributed by atoms with Gasteiger partial charge in [-0.3, -0.25) is 0 Å². The molecule has 8 heteroatoms. The normalized spacial score (nSPS) is 11.1. The van der Waals surface area contributed by atoms with Gasteiger partial charge in [-0.15, -0.1) is 0 Å². The Kier molecular flexibility index (Phi) is 4.86. The number of hydrogen-bond acceptors (Lipinski definition) is 4. The molecule has 0 aliphatic rings. The summed E-state index contributed by atoms with van der Waals surface area (Å²) in [5.41, 5.74) is 1.05. The highest BCUT2D eigenvalue weighted by atomic mass is 79.9. The summed E-state index contributed by atoms with van der Waals surface area (Å²) < 4.78 is 21.7. The second-order valence-corrected chi connectivity index (χ2v) is 6.08. The van der Waals surface area contributed by atoms with Crippen LogP contribution in [0.15, 0.2) is 52.0 Å². The van der Waals surface area contributed by atoms with Gasteiger partial charge in [0.25, 0.3) is 0 Å². The second kappa shape index (κ2) is 7.06. The molecule has 0 amide bonds. The Balaban J connectivity index is 2.07. The number of hydrogen-bond donors (Lipinski definition) is 1. The monoisotopic (exact) mass is 406 g/mol. The van der Waals surface area contributed by atoms with Gasteiger partial charge < -0.3 is 4.74 Å². The van der Waals surface area contributed by atoms with Crippen LogP contribution in [0.2, 0.25) is 0 Å². The fraction of sp³-hybridized carbons (Fsp3) is 0.0625. The molecule has 122 valence electrons. The van der Waals surface area contributed by atoms with Gasteiger partial charge in [-0.25, -0.2) is 9.49 Å². The SMILES string of the molecule is COc1ccccc1-c1n[nH]c(=S)n1/N=C\c1cc(Br)ccc1F. The van der Waals surface area contributed by atoms with Crippen molar-refractivity contribution in [3.8, 4) is 17.1 Å². The van der Waals surface area contributed by atoms with E-state index in [9.17, 15) is 4.39 Å². The van der Waals surface area contributed by atoms with Crippen molar-refractivity contribution in [3.63, 3.8) is 0 Å². The van der Waals surface area contributed by atoms with Crippen molar-refractivity contribution in [2.24, 2.45) is 5.10 Å². The van der Waals surface area contributed by atoms with E-state index in [2.05, 4.69) is 31.2 Å². The average molecular weight is 407 g/mol. The fourth-order valence-corrected chi connectivity index (χ4v) is 2.69. The minimum atomic E-state index is -0.379. The Morgan fingerprint density at radius 1 is 1.33 bits per heavy atom. The second-order valence-electron chi connectivity index (χ2n) is 4.77. The lowest BCUT2D eigenvalue weighted by Crippen LogP contribution is -1.98. The molecule has 0 atom stereocenters. The number of nitrogens with one attached hydrogen (secondary N) is 1. The summed E-state index contributed by atoms with van der Waals surface area (Å²) >= 11 is 8.52. The maximum absolute atomic E-state index is 13.9. The standard InChI is InChI=1S/C16H12BrFN4OS/c1-23-14-5-3-2-4-12(14)15-20-21-16(24)22(15)19-9-10-8-11(17)6-7-13(10)18/h2-9H,1H3,(H,21,24)/b19-9-. The zero-order valence-corrected chi connectivity index (χ0v) is 14.9. The number of rotatable bonds is 4. The maximum Gasteiger partial charge on any atom is 0.216 e. The highest BCUT2D eigenvalue weighted by Crippen LogP contribution is 2.28. The van der Waals surface area contributed by atoms with E-state index >= 15 is 0 Å². The molecule has 0 unspecified atom stereocenters. The highest BCUT2D eigenvalue weighted by Gasteiger charge is 2.13. The summed E-state index contributed by atoms with van der Waals surface area (Å²) in [6.45, 7) is 0. The largest absolute Gasteiger partial charge is 0.496 e. The number of aromatic amines is 1. The molecule has 0 aliphatic carbocycles. The number of benzene rings is 2. The molecule has 0 spiro atoms. The number of H-pyrrole nitrogens is 1. The van der Waals surface area contributed by atoms with Crippen LogP contribution in [0.3, 0.4) is 0 Å². The zero-order valence-electron chi connectivity index (χ0n) is 12.5. The number of halogens is 2. The molecule has 0 saturated carbocycles. The molecule has 3 rings (SSSR count). The molecule has 0 radical (unpaired) electrons. The minimum absolute atomic E-state index is 0.294. The van der Waals surface area contributed by atoms with Crippen molar-refractivity contribution in [2.45, 2.75) is 0 Å². The van der Waals surface area contributed by atoms with E-state index in [1.165, 1.54) is 17.0 Å². The third-order valence-electron chi connectivity index (χ3n) is 3.27. The predicted octanol–water partition coefficient (Wildman–Crippen LogP) is 4.40. The van der Waals surface area contributed by atoms with Crippen LogP contribution in [0.4, 0.5) is 4.39 Å². The first-order valence-corrected chi connectivity index (χ1v) is 8.10. The van der Waals surface area contributed by atoms with Gasteiger partial charge in [0.2, 0.25) is 4.77 Å². The molecule has 5 nitrogen and oxygen atoms in total. The van der Waals surface area contributed by atoms with Gasteiger partial charge in [0.05, 0.1) is 18.9 Å². The van der Waals surface area contributed by atoms with Crippen LogP contribution in [-0.4, -0.2) is 28.2 Å². The molecule has 2 aromatic carbocycles. The Hall–Kier alpha value is -2.32. The molecule has 0 fully saturated rings. The summed E-state index contributed by atoms with van der Waals surface area (Å²) in [6, 6.07) is 12.0. The molecule has 0 bridgehead atoms. The summed E-state index contributed by atoms with van der Waals surface area (Å²) in [5.74, 6) is 0.733. The van der Waals surface area contributed by atoms with E-state index < -0.39 is 0 Å². The first kappa shape index (κ1) is 16.5. The molecule has 1 heterocycles. The van der Waals surface area contributed by atoms with E-state index in [-0.39, 0.29) is 5.82 Å². The van der Waals surface area contributed by atoms with Gasteiger partial charge in [0.15, 0.2) is 5.82 Å². The predicted molar refractivity (Wildman–Crippen MR) is 96.5 cm³/mol. The van der Waals surface area contributed by atoms with Crippen molar-refractivity contribution in [1.82, 2.24) is 14.9 Å². The first-order chi connectivity index (χ1) is 11.6. The van der Waals surface area contributed by atoms with Crippen LogP contribution in [0.25, 0.3) is 11.4 Å². The van der Waals surface area contributed by atoms with Gasteiger partial charge >= 0.3 is 0 Å². The smallest absolute Gasteiger partial charge is 0.216 e. The lowest BCUT2D eigenvalue weighted by molar-refractivity contribution is 0.416. The summed E-state index contributed by atoms with van der Waals surface area (Å²) in [6.07, 6.45) is 1.39. The Labute approximate surface area is 150 Å². The van der Waals surface area contributed by atoms with Crippen LogP contribution in [0, 0.1) is 10.6 Å². The third-order valence-corrected chi connectivity index (χ3v) is 4.03. The van der Waals surface area contributed by atoms with Gasteiger partial charge in [-0.2, -0.15) is 14.9 Å². The van der Waals surface area contributed by atoms with E-state index in [1.807, 2.05) is 24.3 Å². The van der Waals surface area contributed by atoms with E-state index in [0.29, 0.717) is 21.9 Å². The third kappa shape index (κ3) is 3.29. The number of nitrogens with zero attached hydrogens (tertiary/aromatic N) is 3. The van der Waals surface area contributed by atoms with Crippen molar-refractivity contribution < 1.29 is 9.13 Å². The van der Waals surface area contributed by atoms with Crippen LogP contribution in [0.1, 0.15) is 5.56 Å². The summed E-state index contributed by atoms with van der Waals surface area (Å²) in [4.78, 5) is 0.